The van der Waals surface area contributed by atoms with E-state index in [2.05, 4.69) is 10.3 Å². The van der Waals surface area contributed by atoms with Crippen LogP contribution in [0.3, 0.4) is 0 Å². The monoisotopic (exact) mass is 309 g/mol. The lowest BCUT2D eigenvalue weighted by Gasteiger charge is -2.16. The minimum atomic E-state index is -0.313. The molecule has 0 bridgehead atoms. The second kappa shape index (κ2) is 6.60. The van der Waals surface area contributed by atoms with Gasteiger partial charge in [-0.15, -0.1) is 0 Å². The summed E-state index contributed by atoms with van der Waals surface area (Å²) < 4.78 is 0. The Morgan fingerprint density at radius 1 is 1.30 bits per heavy atom. The van der Waals surface area contributed by atoms with Gasteiger partial charge in [-0.1, -0.05) is 24.3 Å². The maximum atomic E-state index is 12.3. The van der Waals surface area contributed by atoms with E-state index in [0.717, 1.165) is 16.8 Å². The summed E-state index contributed by atoms with van der Waals surface area (Å²) in [6.07, 6.45) is 3.55. The molecule has 0 aliphatic carbocycles. The van der Waals surface area contributed by atoms with E-state index in [1.807, 2.05) is 37.3 Å². The molecule has 1 aromatic heterocycles. The summed E-state index contributed by atoms with van der Waals surface area (Å²) in [7, 11) is 0. The van der Waals surface area contributed by atoms with Gasteiger partial charge in [0.1, 0.15) is 0 Å². The van der Waals surface area contributed by atoms with Crippen molar-refractivity contribution in [1.29, 1.82) is 0 Å². The van der Waals surface area contributed by atoms with E-state index >= 15 is 0 Å². The van der Waals surface area contributed by atoms with Gasteiger partial charge in [0.05, 0.1) is 17.8 Å². The zero-order chi connectivity index (χ0) is 16.2. The topological polar surface area (TPSA) is 62.3 Å². The normalized spacial score (nSPS) is 17.3. The summed E-state index contributed by atoms with van der Waals surface area (Å²) in [5.74, 6) is -0.422. The first kappa shape index (κ1) is 15.2. The fraction of sp³-hybridized carbons (Fsp3) is 0.278. The van der Waals surface area contributed by atoms with Crippen molar-refractivity contribution in [3.63, 3.8) is 0 Å². The molecule has 1 aromatic carbocycles. The largest absolute Gasteiger partial charge is 0.352 e. The Morgan fingerprint density at radius 2 is 2.13 bits per heavy atom. The van der Waals surface area contributed by atoms with Gasteiger partial charge in [0.25, 0.3) is 0 Å². The van der Waals surface area contributed by atoms with Gasteiger partial charge in [0, 0.05) is 25.7 Å². The van der Waals surface area contributed by atoms with Crippen LogP contribution in [0.2, 0.25) is 0 Å². The van der Waals surface area contributed by atoms with E-state index in [4.69, 9.17) is 0 Å². The second-order valence-electron chi connectivity index (χ2n) is 5.76. The molecule has 1 aliphatic rings. The lowest BCUT2D eigenvalue weighted by molar-refractivity contribution is -0.126. The molecule has 1 unspecified atom stereocenters. The van der Waals surface area contributed by atoms with Crippen molar-refractivity contribution in [3.8, 4) is 0 Å². The predicted molar refractivity (Wildman–Crippen MR) is 87.7 cm³/mol. The van der Waals surface area contributed by atoms with Crippen LogP contribution in [-0.4, -0.2) is 23.3 Å². The van der Waals surface area contributed by atoms with Gasteiger partial charge in [-0.05, 0) is 30.2 Å². The minimum Gasteiger partial charge on any atom is -0.352 e. The summed E-state index contributed by atoms with van der Waals surface area (Å²) in [6, 6.07) is 11.6. The van der Waals surface area contributed by atoms with Crippen molar-refractivity contribution in [2.45, 2.75) is 19.9 Å². The third-order valence-electron chi connectivity index (χ3n) is 4.17. The molecule has 0 saturated carbocycles. The molecule has 2 amide bonds. The third kappa shape index (κ3) is 3.39. The summed E-state index contributed by atoms with van der Waals surface area (Å²) in [5.41, 5.74) is 2.98. The zero-order valence-electron chi connectivity index (χ0n) is 13.0. The lowest BCUT2D eigenvalue weighted by atomic mass is 10.1. The van der Waals surface area contributed by atoms with Gasteiger partial charge in [0.15, 0.2) is 0 Å². The third-order valence-corrected chi connectivity index (χ3v) is 4.17. The van der Waals surface area contributed by atoms with E-state index in [1.54, 1.807) is 23.4 Å². The average molecular weight is 309 g/mol. The summed E-state index contributed by atoms with van der Waals surface area (Å²) in [6.45, 7) is 2.91. The fourth-order valence-electron chi connectivity index (χ4n) is 2.78. The molecule has 1 atom stereocenters. The van der Waals surface area contributed by atoms with E-state index in [0.29, 0.717) is 13.1 Å². The number of anilines is 1. The Labute approximate surface area is 135 Å². The highest BCUT2D eigenvalue weighted by atomic mass is 16.2. The second-order valence-corrected chi connectivity index (χ2v) is 5.76. The average Bonchev–Trinajstić information content (AvgIpc) is 2.96. The Hall–Kier alpha value is -2.69. The maximum absolute atomic E-state index is 12.3. The smallest absolute Gasteiger partial charge is 0.227 e. The summed E-state index contributed by atoms with van der Waals surface area (Å²) in [5, 5.41) is 2.94. The molecule has 2 heterocycles. The highest BCUT2D eigenvalue weighted by Gasteiger charge is 2.35. The Kier molecular flexibility index (Phi) is 4.37. The van der Waals surface area contributed by atoms with Crippen molar-refractivity contribution in [1.82, 2.24) is 10.3 Å². The standard InChI is InChI=1S/C18H19N3O2/c1-13-5-2-3-6-14(13)10-20-18(23)15-9-17(22)21(12-15)16-7-4-8-19-11-16/h2-8,11,15H,9-10,12H2,1H3,(H,20,23). The molecule has 1 fully saturated rings. The number of rotatable bonds is 4. The molecule has 2 aromatic rings. The van der Waals surface area contributed by atoms with Crippen LogP contribution in [-0.2, 0) is 16.1 Å². The van der Waals surface area contributed by atoms with Crippen LogP contribution < -0.4 is 10.2 Å². The van der Waals surface area contributed by atoms with Gasteiger partial charge in [-0.2, -0.15) is 0 Å². The zero-order valence-corrected chi connectivity index (χ0v) is 13.0. The first-order valence-corrected chi connectivity index (χ1v) is 7.68. The van der Waals surface area contributed by atoms with Crippen molar-refractivity contribution in [2.24, 2.45) is 5.92 Å². The Bertz CT molecular complexity index is 715. The number of carbonyl (C=O) groups excluding carboxylic acids is 2. The highest BCUT2D eigenvalue weighted by molar-refractivity contribution is 6.00. The van der Waals surface area contributed by atoms with E-state index < -0.39 is 0 Å². The first-order chi connectivity index (χ1) is 11.1. The van der Waals surface area contributed by atoms with Crippen molar-refractivity contribution in [3.05, 3.63) is 59.9 Å². The van der Waals surface area contributed by atoms with E-state index in [1.165, 1.54) is 0 Å². The summed E-state index contributed by atoms with van der Waals surface area (Å²) >= 11 is 0. The van der Waals surface area contributed by atoms with Crippen LogP contribution in [0, 0.1) is 12.8 Å². The fourth-order valence-corrected chi connectivity index (χ4v) is 2.78. The van der Waals surface area contributed by atoms with Crippen LogP contribution in [0.4, 0.5) is 5.69 Å². The SMILES string of the molecule is Cc1ccccc1CNC(=O)C1CC(=O)N(c2cccnc2)C1. The quantitative estimate of drug-likeness (QED) is 0.940. The molecule has 1 aliphatic heterocycles. The summed E-state index contributed by atoms with van der Waals surface area (Å²) in [4.78, 5) is 30.1. The van der Waals surface area contributed by atoms with Gasteiger partial charge < -0.3 is 10.2 Å². The maximum Gasteiger partial charge on any atom is 0.227 e. The molecule has 0 spiro atoms. The van der Waals surface area contributed by atoms with Crippen LogP contribution >= 0.6 is 0 Å². The molecular formula is C18H19N3O2. The number of hydrogen-bond acceptors (Lipinski definition) is 3. The van der Waals surface area contributed by atoms with Crippen LogP contribution in [0.5, 0.6) is 0 Å². The molecule has 23 heavy (non-hydrogen) atoms. The number of amides is 2. The molecule has 5 heteroatoms. The van der Waals surface area contributed by atoms with Gasteiger partial charge in [-0.3, -0.25) is 14.6 Å². The van der Waals surface area contributed by atoms with Crippen molar-refractivity contribution >= 4 is 17.5 Å². The van der Waals surface area contributed by atoms with Crippen LogP contribution in [0.1, 0.15) is 17.5 Å². The van der Waals surface area contributed by atoms with Crippen molar-refractivity contribution in [2.75, 3.05) is 11.4 Å². The first-order valence-electron chi connectivity index (χ1n) is 7.68. The Balaban J connectivity index is 1.61. The van der Waals surface area contributed by atoms with Gasteiger partial charge in [-0.25, -0.2) is 0 Å². The van der Waals surface area contributed by atoms with Gasteiger partial charge >= 0.3 is 0 Å². The lowest BCUT2D eigenvalue weighted by Crippen LogP contribution is -2.32. The number of carbonyl (C=O) groups is 2. The number of aromatic nitrogens is 1. The van der Waals surface area contributed by atoms with Crippen LogP contribution in [0.15, 0.2) is 48.8 Å². The van der Waals surface area contributed by atoms with E-state index in [-0.39, 0.29) is 24.2 Å². The number of hydrogen-bond donors (Lipinski definition) is 1. The number of nitrogens with one attached hydrogen (secondary N) is 1. The molecule has 3 rings (SSSR count). The molecule has 0 radical (unpaired) electrons. The van der Waals surface area contributed by atoms with E-state index in [9.17, 15) is 9.59 Å². The van der Waals surface area contributed by atoms with Crippen molar-refractivity contribution < 1.29 is 9.59 Å². The number of benzene rings is 1. The highest BCUT2D eigenvalue weighted by Crippen LogP contribution is 2.24. The minimum absolute atomic E-state index is 0.0333. The molecular weight excluding hydrogens is 290 g/mol. The predicted octanol–water partition coefficient (Wildman–Crippen LogP) is 2.06. The molecule has 118 valence electrons. The number of aryl methyl sites for hydroxylation is 1. The number of nitrogens with zero attached hydrogens (tertiary/aromatic N) is 2. The Morgan fingerprint density at radius 3 is 2.87 bits per heavy atom. The molecule has 5 nitrogen and oxygen atoms in total. The van der Waals surface area contributed by atoms with Crippen LogP contribution in [0.25, 0.3) is 0 Å². The number of pyridine rings is 1. The molecule has 1 N–H and O–H groups in total. The van der Waals surface area contributed by atoms with Gasteiger partial charge in [0.2, 0.25) is 11.8 Å². The molecule has 1 saturated heterocycles.